The second kappa shape index (κ2) is 5.02. The molecular formula is C17H14ClO+. The van der Waals surface area contributed by atoms with Gasteiger partial charge in [-0.05, 0) is 42.3 Å². The number of aryl methyl sites for hydroxylation is 1. The van der Waals surface area contributed by atoms with Gasteiger partial charge in [-0.15, -0.1) is 11.6 Å². The highest BCUT2D eigenvalue weighted by atomic mass is 35.5. The van der Waals surface area contributed by atoms with E-state index in [0.29, 0.717) is 5.88 Å². The molecule has 0 spiro atoms. The maximum absolute atomic E-state index is 6.08. The van der Waals surface area contributed by atoms with Gasteiger partial charge in [0.15, 0.2) is 0 Å². The van der Waals surface area contributed by atoms with Crippen LogP contribution in [0.2, 0.25) is 0 Å². The smallest absolute Gasteiger partial charge is 0.207 e. The van der Waals surface area contributed by atoms with Gasteiger partial charge in [0.2, 0.25) is 0 Å². The normalized spacial score (nSPS) is 10.8. The molecule has 0 amide bonds. The first kappa shape index (κ1) is 12.2. The van der Waals surface area contributed by atoms with Crippen molar-refractivity contribution in [3.63, 3.8) is 0 Å². The van der Waals surface area contributed by atoms with Gasteiger partial charge in [-0.1, -0.05) is 18.2 Å². The van der Waals surface area contributed by atoms with Crippen LogP contribution in [0.1, 0.15) is 11.1 Å². The maximum Gasteiger partial charge on any atom is 0.361 e. The first-order valence-electron chi connectivity index (χ1n) is 6.26. The van der Waals surface area contributed by atoms with Gasteiger partial charge in [0, 0.05) is 18.0 Å². The lowest BCUT2D eigenvalue weighted by molar-refractivity contribution is 0.619. The number of hydrogen-bond acceptors (Lipinski definition) is 0. The summed E-state index contributed by atoms with van der Waals surface area (Å²) in [7, 11) is 0. The second-order valence-electron chi connectivity index (χ2n) is 4.64. The van der Waals surface area contributed by atoms with Crippen LogP contribution in [0, 0.1) is 6.92 Å². The zero-order valence-corrected chi connectivity index (χ0v) is 11.4. The molecule has 3 aromatic rings. The van der Waals surface area contributed by atoms with Crippen molar-refractivity contribution in [1.29, 1.82) is 0 Å². The van der Waals surface area contributed by atoms with E-state index in [4.69, 9.17) is 16.0 Å². The summed E-state index contributed by atoms with van der Waals surface area (Å²) in [5.74, 6) is 1.34. The van der Waals surface area contributed by atoms with Crippen LogP contribution < -0.4 is 0 Å². The molecule has 0 saturated heterocycles. The van der Waals surface area contributed by atoms with E-state index in [2.05, 4.69) is 19.1 Å². The number of hydrogen-bond donors (Lipinski definition) is 0. The number of fused-ring (bicyclic) bond motifs is 1. The molecular weight excluding hydrogens is 256 g/mol. The Morgan fingerprint density at radius 1 is 1.00 bits per heavy atom. The molecule has 0 bridgehead atoms. The summed E-state index contributed by atoms with van der Waals surface area (Å²) in [5, 5.41) is 1.09. The molecule has 0 radical (unpaired) electrons. The molecule has 0 aliphatic carbocycles. The van der Waals surface area contributed by atoms with Crippen LogP contribution in [0.5, 0.6) is 0 Å². The average molecular weight is 270 g/mol. The molecule has 19 heavy (non-hydrogen) atoms. The number of halogens is 1. The summed E-state index contributed by atoms with van der Waals surface area (Å²) >= 11 is 6.08. The van der Waals surface area contributed by atoms with Gasteiger partial charge in [-0.2, -0.15) is 0 Å². The summed E-state index contributed by atoms with van der Waals surface area (Å²) in [5.41, 5.74) is 4.26. The third-order valence-electron chi connectivity index (χ3n) is 3.21. The Morgan fingerprint density at radius 2 is 1.79 bits per heavy atom. The molecule has 1 aromatic heterocycles. The number of rotatable bonds is 2. The second-order valence-corrected chi connectivity index (χ2v) is 4.90. The molecule has 1 nitrogen and oxygen atoms in total. The molecule has 0 aliphatic rings. The Morgan fingerprint density at radius 3 is 2.53 bits per heavy atom. The minimum atomic E-state index is 0.482. The monoisotopic (exact) mass is 269 g/mol. The quantitative estimate of drug-likeness (QED) is 0.446. The minimum Gasteiger partial charge on any atom is -0.207 e. The van der Waals surface area contributed by atoms with E-state index in [-0.39, 0.29) is 0 Å². The Labute approximate surface area is 117 Å². The van der Waals surface area contributed by atoms with Gasteiger partial charge in [0.05, 0.1) is 10.9 Å². The third-order valence-corrected chi connectivity index (χ3v) is 3.50. The van der Waals surface area contributed by atoms with Gasteiger partial charge >= 0.3 is 11.3 Å². The fourth-order valence-electron chi connectivity index (χ4n) is 2.22. The van der Waals surface area contributed by atoms with Crippen molar-refractivity contribution >= 4 is 22.6 Å². The van der Waals surface area contributed by atoms with Crippen molar-refractivity contribution in [3.8, 4) is 11.3 Å². The zero-order chi connectivity index (χ0) is 13.2. The van der Waals surface area contributed by atoms with Gasteiger partial charge in [0.1, 0.15) is 0 Å². The highest BCUT2D eigenvalue weighted by Crippen LogP contribution is 2.29. The highest BCUT2D eigenvalue weighted by Gasteiger charge is 2.18. The van der Waals surface area contributed by atoms with Crippen LogP contribution in [0.3, 0.4) is 0 Å². The van der Waals surface area contributed by atoms with E-state index in [1.54, 1.807) is 0 Å². The third kappa shape index (κ3) is 2.34. The molecule has 3 rings (SSSR count). The molecule has 0 atom stereocenters. The van der Waals surface area contributed by atoms with E-state index in [1.807, 2.05) is 42.5 Å². The van der Waals surface area contributed by atoms with Crippen molar-refractivity contribution in [3.05, 3.63) is 65.7 Å². The van der Waals surface area contributed by atoms with Crippen LogP contribution in [-0.4, -0.2) is 0 Å². The zero-order valence-electron chi connectivity index (χ0n) is 10.7. The van der Waals surface area contributed by atoms with Gasteiger partial charge < -0.3 is 0 Å². The predicted molar refractivity (Wildman–Crippen MR) is 80.4 cm³/mol. The largest absolute Gasteiger partial charge is 0.361 e. The van der Waals surface area contributed by atoms with Crippen LogP contribution >= 0.6 is 11.6 Å². The van der Waals surface area contributed by atoms with E-state index < -0.39 is 0 Å². The van der Waals surface area contributed by atoms with E-state index in [1.165, 1.54) is 5.56 Å². The fourth-order valence-corrected chi connectivity index (χ4v) is 2.44. The topological polar surface area (TPSA) is 11.3 Å². The van der Waals surface area contributed by atoms with Crippen molar-refractivity contribution in [1.82, 2.24) is 0 Å². The molecule has 0 N–H and O–H groups in total. The Hall–Kier alpha value is -1.86. The van der Waals surface area contributed by atoms with Crippen LogP contribution in [-0.2, 0) is 5.88 Å². The summed E-state index contributed by atoms with van der Waals surface area (Å²) in [4.78, 5) is 0. The molecule has 0 unspecified atom stereocenters. The SMILES string of the molecule is Cc1ccc2[o+]c(-c3ccccc3)cc(CCl)c2c1. The molecule has 94 valence electrons. The maximum atomic E-state index is 6.08. The summed E-state index contributed by atoms with van der Waals surface area (Å²) in [6.07, 6.45) is 0. The lowest BCUT2D eigenvalue weighted by Crippen LogP contribution is -1.87. The van der Waals surface area contributed by atoms with Crippen LogP contribution in [0.15, 0.2) is 59.0 Å². The van der Waals surface area contributed by atoms with Crippen LogP contribution in [0.25, 0.3) is 22.3 Å². The molecule has 0 fully saturated rings. The van der Waals surface area contributed by atoms with Gasteiger partial charge in [-0.3, -0.25) is 0 Å². The Bertz CT molecular complexity index is 720. The van der Waals surface area contributed by atoms with Crippen molar-refractivity contribution in [2.45, 2.75) is 12.8 Å². The molecule has 1 heterocycles. The Balaban J connectivity index is 2.26. The summed E-state index contributed by atoms with van der Waals surface area (Å²) in [6.45, 7) is 2.07. The molecule has 0 aliphatic heterocycles. The standard InChI is InChI=1S/C17H14ClO/c1-12-7-8-16-15(9-12)14(11-18)10-17(19-16)13-5-3-2-4-6-13/h2-10H,11H2,1H3/q+1. The van der Waals surface area contributed by atoms with E-state index in [9.17, 15) is 0 Å². The fraction of sp³-hybridized carbons (Fsp3) is 0.118. The predicted octanol–water partition coefficient (Wildman–Crippen LogP) is 5.43. The van der Waals surface area contributed by atoms with Crippen molar-refractivity contribution < 1.29 is 4.42 Å². The summed E-state index contributed by atoms with van der Waals surface area (Å²) < 4.78 is 5.99. The van der Waals surface area contributed by atoms with Crippen LogP contribution in [0.4, 0.5) is 0 Å². The summed E-state index contributed by atoms with van der Waals surface area (Å²) in [6, 6.07) is 18.3. The molecule has 0 saturated carbocycles. The van der Waals surface area contributed by atoms with E-state index >= 15 is 0 Å². The van der Waals surface area contributed by atoms with E-state index in [0.717, 1.165) is 27.9 Å². The molecule has 2 heteroatoms. The lowest BCUT2D eigenvalue weighted by atomic mass is 10.1. The van der Waals surface area contributed by atoms with Crippen molar-refractivity contribution in [2.75, 3.05) is 0 Å². The first-order valence-corrected chi connectivity index (χ1v) is 6.79. The lowest BCUT2D eigenvalue weighted by Gasteiger charge is -2.00. The average Bonchev–Trinajstić information content (AvgIpc) is 2.47. The van der Waals surface area contributed by atoms with Gasteiger partial charge in [0.25, 0.3) is 0 Å². The molecule has 2 aromatic carbocycles. The highest BCUT2D eigenvalue weighted by molar-refractivity contribution is 6.18. The van der Waals surface area contributed by atoms with Crippen molar-refractivity contribution in [2.24, 2.45) is 0 Å². The Kier molecular flexibility index (Phi) is 3.22. The first-order chi connectivity index (χ1) is 9.28. The minimum absolute atomic E-state index is 0.482. The number of alkyl halides is 1. The van der Waals surface area contributed by atoms with Gasteiger partial charge in [-0.25, -0.2) is 4.42 Å². The number of benzene rings is 2.